The van der Waals surface area contributed by atoms with Gasteiger partial charge in [0.1, 0.15) is 17.8 Å². The third-order valence-electron chi connectivity index (χ3n) is 12.0. The summed E-state index contributed by atoms with van der Waals surface area (Å²) in [5, 5.41) is 5.00. The van der Waals surface area contributed by atoms with E-state index in [1.54, 1.807) is 26.1 Å². The Morgan fingerprint density at radius 3 is 2.44 bits per heavy atom. The summed E-state index contributed by atoms with van der Waals surface area (Å²) >= 11 is 0. The van der Waals surface area contributed by atoms with E-state index in [1.165, 1.54) is 13.2 Å². The van der Waals surface area contributed by atoms with E-state index in [0.29, 0.717) is 50.2 Å². The van der Waals surface area contributed by atoms with Crippen molar-refractivity contribution in [3.05, 3.63) is 54.4 Å². The highest BCUT2D eigenvalue weighted by molar-refractivity contribution is 7.93. The number of carbonyl (C=O) groups is 1. The van der Waals surface area contributed by atoms with Gasteiger partial charge in [0.25, 0.3) is 0 Å². The number of carbonyl (C=O) groups excluding carboxylic acids is 1. The van der Waals surface area contributed by atoms with Crippen LogP contribution >= 0.6 is 0 Å². The molecule has 7 rings (SSSR count). The number of likely N-dealkylation sites (tertiary alicyclic amines) is 1. The number of fused-ring (bicyclic) bond motifs is 1. The second kappa shape index (κ2) is 14.2. The van der Waals surface area contributed by atoms with Crippen molar-refractivity contribution < 1.29 is 22.3 Å². The number of pyridine rings is 1. The molecule has 11 nitrogen and oxygen atoms in total. The maximum absolute atomic E-state index is 14.7. The van der Waals surface area contributed by atoms with Crippen LogP contribution in [0.15, 0.2) is 43.2 Å². The van der Waals surface area contributed by atoms with Gasteiger partial charge in [-0.05, 0) is 92.7 Å². The number of nitrogens with one attached hydrogen (secondary N) is 1. The number of alkyl halides is 1. The maximum Gasteiger partial charge on any atom is 0.246 e. The highest BCUT2D eigenvalue weighted by Gasteiger charge is 2.58. The van der Waals surface area contributed by atoms with Crippen LogP contribution in [0, 0.1) is 5.92 Å². The van der Waals surface area contributed by atoms with E-state index in [-0.39, 0.29) is 30.3 Å². The molecule has 0 radical (unpaired) electrons. The van der Waals surface area contributed by atoms with E-state index in [9.17, 15) is 17.6 Å². The van der Waals surface area contributed by atoms with Crippen LogP contribution < -0.4 is 15.1 Å². The van der Waals surface area contributed by atoms with Crippen molar-refractivity contribution in [2.24, 2.45) is 5.92 Å². The van der Waals surface area contributed by atoms with E-state index in [4.69, 9.17) is 14.7 Å². The first kappa shape index (κ1) is 36.5. The standard InChI is InChI=1S/C39H52FN7O4S/c1-7-36(48)47-16-8-10-31(47)28-18-32(46-21-26(22-46)39(13-9-14-39)52(49,50)25(4)5)29-20-42-35(19-27(29)37(28)24(2)3)43-34-11-15-41-38(44-34)45-17-12-33(51-6)30(40)23-45/h7,11,15,18-20,24-26,30-31,33H,1,8-10,12-14,16-17,21-23H2,2-6H3,(H,41,42,43,44)/t30-,31+,33+/m0/s1. The minimum atomic E-state index is -3.26. The van der Waals surface area contributed by atoms with Gasteiger partial charge in [0.2, 0.25) is 11.9 Å². The molecule has 1 aliphatic carbocycles. The first-order valence-corrected chi connectivity index (χ1v) is 20.3. The summed E-state index contributed by atoms with van der Waals surface area (Å²) in [5.41, 5.74) is 3.29. The lowest BCUT2D eigenvalue weighted by atomic mass is 9.71. The first-order chi connectivity index (χ1) is 24.9. The molecule has 0 spiro atoms. The van der Waals surface area contributed by atoms with Crippen LogP contribution in [-0.2, 0) is 19.4 Å². The fourth-order valence-corrected chi connectivity index (χ4v) is 11.4. The average Bonchev–Trinajstić information content (AvgIpc) is 3.57. The molecule has 4 aliphatic rings. The molecule has 1 saturated carbocycles. The van der Waals surface area contributed by atoms with E-state index >= 15 is 0 Å². The molecule has 2 aromatic heterocycles. The molecule has 5 heterocycles. The third kappa shape index (κ3) is 6.21. The highest BCUT2D eigenvalue weighted by atomic mass is 32.2. The van der Waals surface area contributed by atoms with Gasteiger partial charge in [-0.2, -0.15) is 4.98 Å². The summed E-state index contributed by atoms with van der Waals surface area (Å²) in [6.45, 7) is 14.5. The van der Waals surface area contributed by atoms with Crippen molar-refractivity contribution in [1.82, 2.24) is 19.9 Å². The molecule has 4 fully saturated rings. The van der Waals surface area contributed by atoms with E-state index in [2.05, 4.69) is 47.8 Å². The monoisotopic (exact) mass is 733 g/mol. The van der Waals surface area contributed by atoms with Gasteiger partial charge >= 0.3 is 0 Å². The number of halogens is 1. The van der Waals surface area contributed by atoms with Crippen LogP contribution in [0.2, 0.25) is 0 Å². The van der Waals surface area contributed by atoms with Crippen LogP contribution in [0.1, 0.15) is 89.3 Å². The topological polar surface area (TPSA) is 121 Å². The second-order valence-electron chi connectivity index (χ2n) is 15.6. The smallest absolute Gasteiger partial charge is 0.246 e. The van der Waals surface area contributed by atoms with Crippen molar-refractivity contribution in [2.75, 3.05) is 55.0 Å². The molecular formula is C39H52FN7O4S. The van der Waals surface area contributed by atoms with Crippen molar-refractivity contribution >= 4 is 49.8 Å². The summed E-state index contributed by atoms with van der Waals surface area (Å²) < 4.78 is 46.6. The number of ether oxygens (including phenoxy) is 1. The van der Waals surface area contributed by atoms with Gasteiger partial charge in [0.05, 0.1) is 28.7 Å². The lowest BCUT2D eigenvalue weighted by Crippen LogP contribution is -2.65. The molecule has 3 saturated heterocycles. The Bertz CT molecular complexity index is 1950. The molecule has 0 bridgehead atoms. The van der Waals surface area contributed by atoms with E-state index in [0.717, 1.165) is 59.7 Å². The molecule has 1 amide bonds. The van der Waals surface area contributed by atoms with Crippen molar-refractivity contribution in [2.45, 2.75) is 100 Å². The molecule has 3 aromatic rings. The minimum Gasteiger partial charge on any atom is -0.378 e. The van der Waals surface area contributed by atoms with Crippen molar-refractivity contribution in [3.63, 3.8) is 0 Å². The predicted molar refractivity (Wildman–Crippen MR) is 204 cm³/mol. The van der Waals surface area contributed by atoms with E-state index < -0.39 is 32.1 Å². The number of piperidine rings is 1. The largest absolute Gasteiger partial charge is 0.378 e. The third-order valence-corrected chi connectivity index (χ3v) is 15.2. The number of nitrogens with zero attached hydrogens (tertiary/aromatic N) is 6. The van der Waals surface area contributed by atoms with Gasteiger partial charge < -0.3 is 24.8 Å². The molecule has 1 N–H and O–H groups in total. The Morgan fingerprint density at radius 1 is 1.04 bits per heavy atom. The quantitative estimate of drug-likeness (QED) is 0.219. The Kier molecular flexibility index (Phi) is 9.96. The number of amides is 1. The number of anilines is 4. The SMILES string of the molecule is C=CC(=O)N1CCC[C@@H]1c1cc(N2CC(C3(S(=O)(=O)C(C)C)CCC3)C2)c2cnc(Nc3ccnc(N4CC[C@@H](OC)[C@@H](F)C4)n3)cc2c1C(C)C. The first-order valence-electron chi connectivity index (χ1n) is 18.8. The number of rotatable bonds is 11. The molecule has 280 valence electrons. The summed E-state index contributed by atoms with van der Waals surface area (Å²) in [4.78, 5) is 33.2. The van der Waals surface area contributed by atoms with Gasteiger partial charge in [-0.25, -0.2) is 22.8 Å². The van der Waals surface area contributed by atoms with Crippen LogP contribution in [0.3, 0.4) is 0 Å². The normalized spacial score (nSPS) is 23.6. The van der Waals surface area contributed by atoms with Crippen LogP contribution in [0.5, 0.6) is 0 Å². The Hall–Kier alpha value is -3.84. The zero-order valence-electron chi connectivity index (χ0n) is 31.0. The van der Waals surface area contributed by atoms with Crippen molar-refractivity contribution in [3.8, 4) is 0 Å². The highest BCUT2D eigenvalue weighted by Crippen LogP contribution is 2.52. The maximum atomic E-state index is 14.7. The molecule has 1 aromatic carbocycles. The number of hydrogen-bond acceptors (Lipinski definition) is 10. The number of methoxy groups -OCH3 is 1. The molecular weight excluding hydrogens is 682 g/mol. The summed E-state index contributed by atoms with van der Waals surface area (Å²) in [6.07, 6.45) is 8.12. The summed E-state index contributed by atoms with van der Waals surface area (Å²) in [5.74, 6) is 1.72. The summed E-state index contributed by atoms with van der Waals surface area (Å²) in [7, 11) is -1.72. The zero-order valence-corrected chi connectivity index (χ0v) is 31.8. The second-order valence-corrected chi connectivity index (χ2v) is 18.4. The zero-order chi connectivity index (χ0) is 36.9. The lowest BCUT2D eigenvalue weighted by molar-refractivity contribution is -0.126. The van der Waals surface area contributed by atoms with Crippen LogP contribution in [-0.4, -0.2) is 96.3 Å². The van der Waals surface area contributed by atoms with Gasteiger partial charge in [-0.1, -0.05) is 26.8 Å². The predicted octanol–water partition coefficient (Wildman–Crippen LogP) is 6.49. The summed E-state index contributed by atoms with van der Waals surface area (Å²) in [6, 6.07) is 5.98. The number of hydrogen-bond donors (Lipinski definition) is 1. The average molecular weight is 734 g/mol. The Labute approximate surface area is 307 Å². The van der Waals surface area contributed by atoms with Crippen molar-refractivity contribution in [1.29, 1.82) is 0 Å². The molecule has 13 heteroatoms. The fourth-order valence-electron chi connectivity index (χ4n) is 9.02. The van der Waals surface area contributed by atoms with Gasteiger partial charge in [-0.15, -0.1) is 0 Å². The number of sulfone groups is 1. The molecule has 3 atom stereocenters. The molecule has 3 aliphatic heterocycles. The van der Waals surface area contributed by atoms with Crippen LogP contribution in [0.4, 0.5) is 27.7 Å². The Morgan fingerprint density at radius 2 is 1.81 bits per heavy atom. The molecule has 0 unspecified atom stereocenters. The van der Waals surface area contributed by atoms with Crippen LogP contribution in [0.25, 0.3) is 10.8 Å². The fraction of sp³-hybridized carbons (Fsp3) is 0.590. The minimum absolute atomic E-state index is 0.0658. The lowest BCUT2D eigenvalue weighted by Gasteiger charge is -2.55. The van der Waals surface area contributed by atoms with Gasteiger partial charge in [0.15, 0.2) is 9.84 Å². The number of aromatic nitrogens is 3. The molecule has 52 heavy (non-hydrogen) atoms. The van der Waals surface area contributed by atoms with Gasteiger partial charge in [0, 0.05) is 62.7 Å². The number of benzene rings is 1. The Balaban J connectivity index is 1.26. The van der Waals surface area contributed by atoms with E-state index in [1.807, 2.05) is 16.0 Å². The van der Waals surface area contributed by atoms with Gasteiger partial charge in [-0.3, -0.25) is 4.79 Å².